The van der Waals surface area contributed by atoms with E-state index in [0.29, 0.717) is 29.0 Å². The van der Waals surface area contributed by atoms with Crippen molar-refractivity contribution in [3.63, 3.8) is 0 Å². The van der Waals surface area contributed by atoms with Crippen LogP contribution in [0.3, 0.4) is 0 Å². The number of hydrogen-bond acceptors (Lipinski definition) is 4. The Hall–Kier alpha value is -3.79. The molecule has 0 radical (unpaired) electrons. The Morgan fingerprint density at radius 3 is 1.68 bits per heavy atom. The van der Waals surface area contributed by atoms with Crippen molar-refractivity contribution in [3.8, 4) is 0 Å². The van der Waals surface area contributed by atoms with Gasteiger partial charge in [0.25, 0.3) is 0 Å². The first-order valence-corrected chi connectivity index (χ1v) is 12.0. The minimum Gasteiger partial charge on any atom is -0.397 e. The Bertz CT molecular complexity index is 1240. The van der Waals surface area contributed by atoms with Gasteiger partial charge in [-0.1, -0.05) is 91.0 Å². The predicted molar refractivity (Wildman–Crippen MR) is 141 cm³/mol. The first kappa shape index (κ1) is 22.0. The smallest absolute Gasteiger partial charge is 0.149 e. The van der Waals surface area contributed by atoms with E-state index in [-0.39, 0.29) is 5.92 Å². The summed E-state index contributed by atoms with van der Waals surface area (Å²) in [6.07, 6.45) is 3.72. The third kappa shape index (κ3) is 4.49. The van der Waals surface area contributed by atoms with Crippen LogP contribution in [-0.2, 0) is 25.7 Å². The first-order valence-electron chi connectivity index (χ1n) is 12.0. The number of benzene rings is 3. The predicted octanol–water partition coefficient (Wildman–Crippen LogP) is 5.43. The average molecular weight is 449 g/mol. The summed E-state index contributed by atoms with van der Waals surface area (Å²) in [5.74, 6) is 1.35. The van der Waals surface area contributed by atoms with Crippen molar-refractivity contribution in [2.24, 2.45) is 11.8 Å². The van der Waals surface area contributed by atoms with Crippen molar-refractivity contribution in [2.45, 2.75) is 31.6 Å². The van der Waals surface area contributed by atoms with E-state index in [4.69, 9.17) is 22.2 Å². The van der Waals surface area contributed by atoms with Crippen LogP contribution in [0.15, 0.2) is 91.0 Å². The second kappa shape index (κ2) is 9.60. The standard InChI is InChI=1S/C30H32N4/c31-28-27-25(18-22-14-8-3-9-15-22)24(17-21-12-6-2-7-13-21)23(16-20-10-4-1-5-11-20)19-26(27)34-30(33)29(28)32/h1-15,23-25H,16-19,32H2,(H4,31,33,34). The molecule has 4 nitrogen and oxygen atoms in total. The van der Waals surface area contributed by atoms with Gasteiger partial charge in [0.1, 0.15) is 5.82 Å². The van der Waals surface area contributed by atoms with Crippen molar-refractivity contribution >= 4 is 17.2 Å². The Kier molecular flexibility index (Phi) is 6.22. The molecule has 1 heterocycles. The fourth-order valence-electron chi connectivity index (χ4n) is 5.67. The Morgan fingerprint density at radius 2 is 1.12 bits per heavy atom. The van der Waals surface area contributed by atoms with Gasteiger partial charge in [-0.15, -0.1) is 0 Å². The zero-order valence-electron chi connectivity index (χ0n) is 19.4. The molecule has 6 N–H and O–H groups in total. The van der Waals surface area contributed by atoms with Crippen LogP contribution in [0, 0.1) is 11.8 Å². The van der Waals surface area contributed by atoms with Crippen LogP contribution in [0.4, 0.5) is 17.2 Å². The molecule has 5 rings (SSSR count). The highest BCUT2D eigenvalue weighted by molar-refractivity contribution is 5.78. The molecular weight excluding hydrogens is 416 g/mol. The maximum Gasteiger partial charge on any atom is 0.149 e. The minimum absolute atomic E-state index is 0.204. The number of pyridine rings is 1. The zero-order chi connectivity index (χ0) is 23.5. The van der Waals surface area contributed by atoms with Gasteiger partial charge in [-0.25, -0.2) is 4.98 Å². The molecule has 4 heteroatoms. The summed E-state index contributed by atoms with van der Waals surface area (Å²) in [5.41, 5.74) is 26.3. The van der Waals surface area contributed by atoms with Crippen LogP contribution in [0.5, 0.6) is 0 Å². The maximum atomic E-state index is 6.66. The molecule has 0 aliphatic heterocycles. The number of nitrogens with two attached hydrogens (primary N) is 3. The van der Waals surface area contributed by atoms with Gasteiger partial charge in [0.05, 0.1) is 11.4 Å². The third-order valence-electron chi connectivity index (χ3n) is 7.32. The number of aromatic nitrogens is 1. The summed E-state index contributed by atoms with van der Waals surface area (Å²) in [6.45, 7) is 0. The largest absolute Gasteiger partial charge is 0.397 e. The molecule has 0 fully saturated rings. The summed E-state index contributed by atoms with van der Waals surface area (Å²) in [5, 5.41) is 0. The van der Waals surface area contributed by atoms with Gasteiger partial charge < -0.3 is 17.2 Å². The van der Waals surface area contributed by atoms with Gasteiger partial charge >= 0.3 is 0 Å². The summed E-state index contributed by atoms with van der Waals surface area (Å²) in [6, 6.07) is 32.2. The number of fused-ring (bicyclic) bond motifs is 1. The van der Waals surface area contributed by atoms with Crippen molar-refractivity contribution < 1.29 is 0 Å². The van der Waals surface area contributed by atoms with Crippen molar-refractivity contribution in [3.05, 3.63) is 119 Å². The van der Waals surface area contributed by atoms with Gasteiger partial charge in [-0.2, -0.15) is 0 Å². The van der Waals surface area contributed by atoms with Crippen LogP contribution in [0.1, 0.15) is 33.9 Å². The Morgan fingerprint density at radius 1 is 0.618 bits per heavy atom. The first-order chi connectivity index (χ1) is 16.6. The second-order valence-electron chi connectivity index (χ2n) is 9.49. The summed E-state index contributed by atoms with van der Waals surface area (Å²) in [7, 11) is 0. The SMILES string of the molecule is Nc1nc2c(c(N)c1N)C(Cc1ccccc1)C(Cc1ccccc1)C(Cc1ccccc1)C2. The maximum absolute atomic E-state index is 6.66. The van der Waals surface area contributed by atoms with Crippen LogP contribution >= 0.6 is 0 Å². The summed E-state index contributed by atoms with van der Waals surface area (Å²) < 4.78 is 0. The lowest BCUT2D eigenvalue weighted by molar-refractivity contribution is 0.248. The molecule has 0 saturated heterocycles. The van der Waals surface area contributed by atoms with Crippen LogP contribution in [-0.4, -0.2) is 4.98 Å². The topological polar surface area (TPSA) is 90.9 Å². The summed E-state index contributed by atoms with van der Waals surface area (Å²) >= 11 is 0. The van der Waals surface area contributed by atoms with Gasteiger partial charge in [-0.3, -0.25) is 0 Å². The Balaban J connectivity index is 1.62. The van der Waals surface area contributed by atoms with Gasteiger partial charge in [0.2, 0.25) is 0 Å². The molecule has 3 atom stereocenters. The molecule has 4 aromatic rings. The van der Waals surface area contributed by atoms with E-state index < -0.39 is 0 Å². The highest BCUT2D eigenvalue weighted by atomic mass is 14.9. The molecular formula is C30H32N4. The molecule has 172 valence electrons. The van der Waals surface area contributed by atoms with E-state index in [9.17, 15) is 0 Å². The van der Waals surface area contributed by atoms with E-state index in [0.717, 1.165) is 36.9 Å². The average Bonchev–Trinajstić information content (AvgIpc) is 2.86. The molecule has 0 saturated carbocycles. The van der Waals surface area contributed by atoms with Gasteiger partial charge in [0, 0.05) is 11.3 Å². The molecule has 34 heavy (non-hydrogen) atoms. The number of hydrogen-bond donors (Lipinski definition) is 3. The number of rotatable bonds is 6. The molecule has 0 bridgehead atoms. The molecule has 1 aliphatic rings. The highest BCUT2D eigenvalue weighted by Gasteiger charge is 2.39. The fourth-order valence-corrected chi connectivity index (χ4v) is 5.67. The lowest BCUT2D eigenvalue weighted by atomic mass is 9.64. The monoisotopic (exact) mass is 448 g/mol. The molecule has 1 aromatic heterocycles. The van der Waals surface area contributed by atoms with Crippen LogP contribution in [0.25, 0.3) is 0 Å². The molecule has 0 spiro atoms. The van der Waals surface area contributed by atoms with Gasteiger partial charge in [-0.05, 0) is 60.1 Å². The lowest BCUT2D eigenvalue weighted by Crippen LogP contribution is -2.35. The summed E-state index contributed by atoms with van der Waals surface area (Å²) in [4.78, 5) is 4.77. The zero-order valence-corrected chi connectivity index (χ0v) is 19.4. The quantitative estimate of drug-likeness (QED) is 0.367. The van der Waals surface area contributed by atoms with E-state index in [2.05, 4.69) is 91.0 Å². The van der Waals surface area contributed by atoms with E-state index >= 15 is 0 Å². The fraction of sp³-hybridized carbons (Fsp3) is 0.233. The Labute approximate surface area is 201 Å². The minimum atomic E-state index is 0.204. The second-order valence-corrected chi connectivity index (χ2v) is 9.49. The highest BCUT2D eigenvalue weighted by Crippen LogP contribution is 2.48. The number of anilines is 3. The normalized spacial score (nSPS) is 19.5. The van der Waals surface area contributed by atoms with Crippen molar-refractivity contribution in [2.75, 3.05) is 17.2 Å². The van der Waals surface area contributed by atoms with Crippen LogP contribution < -0.4 is 17.2 Å². The molecule has 3 aromatic carbocycles. The van der Waals surface area contributed by atoms with Crippen molar-refractivity contribution in [1.82, 2.24) is 4.98 Å². The third-order valence-corrected chi connectivity index (χ3v) is 7.32. The molecule has 3 unspecified atom stereocenters. The van der Waals surface area contributed by atoms with E-state index in [1.807, 2.05) is 0 Å². The van der Waals surface area contributed by atoms with E-state index in [1.54, 1.807) is 0 Å². The molecule has 1 aliphatic carbocycles. The van der Waals surface area contributed by atoms with Crippen LogP contribution in [0.2, 0.25) is 0 Å². The van der Waals surface area contributed by atoms with E-state index in [1.165, 1.54) is 16.7 Å². The van der Waals surface area contributed by atoms with Gasteiger partial charge in [0.15, 0.2) is 0 Å². The number of nitrogen functional groups attached to an aromatic ring is 3. The lowest BCUT2D eigenvalue weighted by Gasteiger charge is -2.41. The number of nitrogens with zero attached hydrogens (tertiary/aromatic N) is 1. The molecule has 0 amide bonds. The van der Waals surface area contributed by atoms with Crippen molar-refractivity contribution in [1.29, 1.82) is 0 Å².